The number of hydrogen-bond donors (Lipinski definition) is 3. The standard InChI is InChI=1S/C14H27N3O/c1-10-4-3-5-12(7-6-10)17-14(18)13-9-15-11(2)8-16-13/h10-13,15-16H,3-9H2,1-2H3,(H,17,18). The zero-order chi connectivity index (χ0) is 13.0. The highest BCUT2D eigenvalue weighted by Gasteiger charge is 2.25. The molecule has 3 N–H and O–H groups in total. The summed E-state index contributed by atoms with van der Waals surface area (Å²) in [5, 5.41) is 9.88. The van der Waals surface area contributed by atoms with E-state index in [1.807, 2.05) is 0 Å². The van der Waals surface area contributed by atoms with Gasteiger partial charge in [-0.3, -0.25) is 4.79 Å². The second-order valence-electron chi connectivity index (χ2n) is 6.09. The van der Waals surface area contributed by atoms with E-state index >= 15 is 0 Å². The molecule has 1 amide bonds. The van der Waals surface area contributed by atoms with Crippen LogP contribution in [0.5, 0.6) is 0 Å². The van der Waals surface area contributed by atoms with Gasteiger partial charge in [0.25, 0.3) is 0 Å². The zero-order valence-electron chi connectivity index (χ0n) is 11.7. The van der Waals surface area contributed by atoms with Crippen LogP contribution in [-0.2, 0) is 4.79 Å². The smallest absolute Gasteiger partial charge is 0.238 e. The molecule has 1 aliphatic heterocycles. The molecule has 0 aromatic carbocycles. The van der Waals surface area contributed by atoms with Crippen molar-refractivity contribution in [2.45, 2.75) is 64.1 Å². The number of amides is 1. The van der Waals surface area contributed by atoms with Gasteiger partial charge in [0.05, 0.1) is 6.04 Å². The summed E-state index contributed by atoms with van der Waals surface area (Å²) >= 11 is 0. The van der Waals surface area contributed by atoms with Crippen LogP contribution < -0.4 is 16.0 Å². The molecule has 104 valence electrons. The minimum absolute atomic E-state index is 0.0538. The van der Waals surface area contributed by atoms with Crippen molar-refractivity contribution >= 4 is 5.91 Å². The number of rotatable bonds is 2. The summed E-state index contributed by atoms with van der Waals surface area (Å²) in [5.74, 6) is 0.996. The van der Waals surface area contributed by atoms with Gasteiger partial charge in [-0.1, -0.05) is 19.8 Å². The fourth-order valence-electron chi connectivity index (χ4n) is 2.90. The van der Waals surface area contributed by atoms with E-state index in [2.05, 4.69) is 29.8 Å². The molecule has 1 saturated heterocycles. The summed E-state index contributed by atoms with van der Waals surface area (Å²) < 4.78 is 0. The molecule has 2 aliphatic rings. The summed E-state index contributed by atoms with van der Waals surface area (Å²) in [6.07, 6.45) is 6.10. The van der Waals surface area contributed by atoms with Gasteiger partial charge in [-0.25, -0.2) is 0 Å². The van der Waals surface area contributed by atoms with Crippen LogP contribution in [0.25, 0.3) is 0 Å². The maximum absolute atomic E-state index is 12.2. The van der Waals surface area contributed by atoms with Crippen molar-refractivity contribution in [3.05, 3.63) is 0 Å². The van der Waals surface area contributed by atoms with Crippen molar-refractivity contribution in [3.8, 4) is 0 Å². The van der Waals surface area contributed by atoms with E-state index in [1.54, 1.807) is 0 Å². The summed E-state index contributed by atoms with van der Waals surface area (Å²) in [6.45, 7) is 6.07. The lowest BCUT2D eigenvalue weighted by Crippen LogP contribution is -2.59. The van der Waals surface area contributed by atoms with Gasteiger partial charge in [0.15, 0.2) is 0 Å². The number of carbonyl (C=O) groups is 1. The molecule has 18 heavy (non-hydrogen) atoms. The van der Waals surface area contributed by atoms with Crippen molar-refractivity contribution < 1.29 is 4.79 Å². The molecule has 0 aromatic rings. The van der Waals surface area contributed by atoms with Crippen LogP contribution in [-0.4, -0.2) is 37.1 Å². The van der Waals surface area contributed by atoms with E-state index in [4.69, 9.17) is 0 Å². The Balaban J connectivity index is 1.76. The summed E-state index contributed by atoms with van der Waals surface area (Å²) in [5.41, 5.74) is 0. The predicted molar refractivity (Wildman–Crippen MR) is 73.4 cm³/mol. The molecule has 4 unspecified atom stereocenters. The van der Waals surface area contributed by atoms with Crippen molar-refractivity contribution in [2.75, 3.05) is 13.1 Å². The molecule has 0 aromatic heterocycles. The molecule has 0 radical (unpaired) electrons. The molecule has 4 nitrogen and oxygen atoms in total. The van der Waals surface area contributed by atoms with E-state index in [0.717, 1.165) is 31.8 Å². The van der Waals surface area contributed by atoms with Crippen molar-refractivity contribution in [3.63, 3.8) is 0 Å². The van der Waals surface area contributed by atoms with Gasteiger partial charge in [-0.2, -0.15) is 0 Å². The van der Waals surface area contributed by atoms with E-state index in [0.29, 0.717) is 12.1 Å². The first-order chi connectivity index (χ1) is 8.65. The first-order valence-electron chi connectivity index (χ1n) is 7.42. The average molecular weight is 253 g/mol. The summed E-state index contributed by atoms with van der Waals surface area (Å²) in [7, 11) is 0. The quantitative estimate of drug-likeness (QED) is 0.644. The second-order valence-corrected chi connectivity index (χ2v) is 6.09. The number of nitrogens with one attached hydrogen (secondary N) is 3. The van der Waals surface area contributed by atoms with E-state index in [1.165, 1.54) is 19.3 Å². The second kappa shape index (κ2) is 6.53. The Morgan fingerprint density at radius 2 is 1.89 bits per heavy atom. The molecule has 2 rings (SSSR count). The topological polar surface area (TPSA) is 53.2 Å². The lowest BCUT2D eigenvalue weighted by molar-refractivity contribution is -0.124. The third kappa shape index (κ3) is 3.95. The van der Waals surface area contributed by atoms with E-state index in [-0.39, 0.29) is 11.9 Å². The average Bonchev–Trinajstić information content (AvgIpc) is 2.55. The molecule has 2 fully saturated rings. The van der Waals surface area contributed by atoms with Gasteiger partial charge in [0.2, 0.25) is 5.91 Å². The van der Waals surface area contributed by atoms with Crippen LogP contribution in [0.2, 0.25) is 0 Å². The van der Waals surface area contributed by atoms with E-state index in [9.17, 15) is 4.79 Å². The molecule has 0 spiro atoms. The maximum atomic E-state index is 12.2. The number of carbonyl (C=O) groups excluding carboxylic acids is 1. The third-order valence-corrected chi connectivity index (χ3v) is 4.26. The largest absolute Gasteiger partial charge is 0.352 e. The number of hydrogen-bond acceptors (Lipinski definition) is 3. The lowest BCUT2D eigenvalue weighted by atomic mass is 10.0. The van der Waals surface area contributed by atoms with Crippen LogP contribution in [0.1, 0.15) is 46.0 Å². The summed E-state index contributed by atoms with van der Waals surface area (Å²) in [4.78, 5) is 12.2. The fraction of sp³-hybridized carbons (Fsp3) is 0.929. The molecule has 1 saturated carbocycles. The lowest BCUT2D eigenvalue weighted by Gasteiger charge is -2.29. The Morgan fingerprint density at radius 3 is 2.61 bits per heavy atom. The molecule has 4 atom stereocenters. The Bertz CT molecular complexity index is 274. The Hall–Kier alpha value is -0.610. The van der Waals surface area contributed by atoms with Crippen LogP contribution in [0.15, 0.2) is 0 Å². The van der Waals surface area contributed by atoms with Gasteiger partial charge in [0, 0.05) is 25.2 Å². The highest BCUT2D eigenvalue weighted by molar-refractivity contribution is 5.82. The van der Waals surface area contributed by atoms with Crippen LogP contribution >= 0.6 is 0 Å². The van der Waals surface area contributed by atoms with Crippen molar-refractivity contribution in [1.29, 1.82) is 0 Å². The van der Waals surface area contributed by atoms with Crippen LogP contribution in [0.3, 0.4) is 0 Å². The molecule has 4 heteroatoms. The van der Waals surface area contributed by atoms with Gasteiger partial charge in [0.1, 0.15) is 0 Å². The molecular formula is C14H27N3O. The monoisotopic (exact) mass is 253 g/mol. The highest BCUT2D eigenvalue weighted by Crippen LogP contribution is 2.22. The fourth-order valence-corrected chi connectivity index (χ4v) is 2.90. The first-order valence-corrected chi connectivity index (χ1v) is 7.42. The van der Waals surface area contributed by atoms with Gasteiger partial charge in [-0.15, -0.1) is 0 Å². The molecule has 1 heterocycles. The Morgan fingerprint density at radius 1 is 1.06 bits per heavy atom. The van der Waals surface area contributed by atoms with Crippen LogP contribution in [0.4, 0.5) is 0 Å². The van der Waals surface area contributed by atoms with Crippen LogP contribution in [0, 0.1) is 5.92 Å². The van der Waals surface area contributed by atoms with Crippen molar-refractivity contribution in [2.24, 2.45) is 5.92 Å². The third-order valence-electron chi connectivity index (χ3n) is 4.26. The van der Waals surface area contributed by atoms with Gasteiger partial charge < -0.3 is 16.0 Å². The Kier molecular flexibility index (Phi) is 5.01. The van der Waals surface area contributed by atoms with Gasteiger partial charge in [-0.05, 0) is 32.1 Å². The maximum Gasteiger partial charge on any atom is 0.238 e. The molecule has 0 bridgehead atoms. The number of piperazine rings is 1. The normalized spacial score (nSPS) is 37.9. The molecular weight excluding hydrogens is 226 g/mol. The van der Waals surface area contributed by atoms with Crippen molar-refractivity contribution in [1.82, 2.24) is 16.0 Å². The zero-order valence-corrected chi connectivity index (χ0v) is 11.7. The predicted octanol–water partition coefficient (Wildman–Crippen LogP) is 1.02. The van der Waals surface area contributed by atoms with Gasteiger partial charge >= 0.3 is 0 Å². The minimum Gasteiger partial charge on any atom is -0.352 e. The first kappa shape index (κ1) is 13.8. The Labute approximate surface area is 110 Å². The SMILES string of the molecule is CC1CCCC(NC(=O)C2CNC(C)CN2)CC1. The summed E-state index contributed by atoms with van der Waals surface area (Å²) in [6, 6.07) is 0.804. The highest BCUT2D eigenvalue weighted by atomic mass is 16.2. The van der Waals surface area contributed by atoms with E-state index < -0.39 is 0 Å². The minimum atomic E-state index is -0.0538. The molecule has 1 aliphatic carbocycles.